The summed E-state index contributed by atoms with van der Waals surface area (Å²) < 4.78 is 69.3. The molecule has 0 radical (unpaired) electrons. The van der Waals surface area contributed by atoms with Crippen molar-refractivity contribution < 1.29 is 61.4 Å². The average molecular weight is 1050 g/mol. The maximum absolute atomic E-state index is 15.1. The molecule has 0 unspecified atom stereocenters. The normalized spacial score (nSPS) is 19.9. The van der Waals surface area contributed by atoms with Crippen LogP contribution in [0.1, 0.15) is 126 Å². The molecule has 1 N–H and O–H groups in total. The number of hydrogen-bond acceptors (Lipinski definition) is 13. The van der Waals surface area contributed by atoms with E-state index in [2.05, 4.69) is 86.7 Å². The van der Waals surface area contributed by atoms with Gasteiger partial charge in [0.1, 0.15) is 24.8 Å². The molecule has 15 heteroatoms. The molecule has 0 amide bonds. The van der Waals surface area contributed by atoms with Gasteiger partial charge in [-0.1, -0.05) is 111 Å². The molecule has 1 aliphatic heterocycles. The molecule has 1 saturated heterocycles. The van der Waals surface area contributed by atoms with Crippen LogP contribution in [0.2, 0.25) is 36.3 Å². The number of aliphatic hydroxyl groups is 1. The molecule has 1 aliphatic rings. The van der Waals surface area contributed by atoms with Crippen molar-refractivity contribution in [2.75, 3.05) is 41.8 Å². The lowest BCUT2D eigenvalue weighted by atomic mass is 9.76. The average Bonchev–Trinajstić information content (AvgIpc) is 3.66. The van der Waals surface area contributed by atoms with E-state index in [4.69, 9.17) is 51.5 Å². The van der Waals surface area contributed by atoms with Gasteiger partial charge in [-0.15, -0.1) is 0 Å². The first-order valence-corrected chi connectivity index (χ1v) is 31.9. The first-order valence-electron chi connectivity index (χ1n) is 26.5. The van der Waals surface area contributed by atoms with E-state index in [1.165, 1.54) is 0 Å². The highest BCUT2D eigenvalue weighted by Crippen LogP contribution is 2.42. The van der Waals surface area contributed by atoms with E-state index >= 15 is 4.79 Å². The van der Waals surface area contributed by atoms with Crippen molar-refractivity contribution in [2.45, 2.75) is 219 Å². The third-order valence-corrected chi connectivity index (χ3v) is 24.5. The third kappa shape index (κ3) is 19.3. The maximum atomic E-state index is 15.1. The summed E-state index contributed by atoms with van der Waals surface area (Å²) in [7, 11) is 1.99. The molecule has 9 atom stereocenters. The topological polar surface area (TPSA) is 139 Å². The fraction of sp³-hybridized carbons (Fsp3) is 0.737. The van der Waals surface area contributed by atoms with Gasteiger partial charge in [0.2, 0.25) is 0 Å². The van der Waals surface area contributed by atoms with E-state index in [0.29, 0.717) is 32.5 Å². The van der Waals surface area contributed by atoms with Crippen LogP contribution in [0.4, 0.5) is 0 Å². The van der Waals surface area contributed by atoms with Crippen LogP contribution in [0.3, 0.4) is 0 Å². The first-order chi connectivity index (χ1) is 33.9. The minimum Gasteiger partial charge on any atom is -0.497 e. The van der Waals surface area contributed by atoms with Crippen LogP contribution in [0.25, 0.3) is 0 Å². The molecule has 412 valence electrons. The molecular formula is C57H98O13Si2. The van der Waals surface area contributed by atoms with Gasteiger partial charge >= 0.3 is 0 Å². The zero-order valence-electron chi connectivity index (χ0n) is 47.8. The Balaban J connectivity index is 1.90. The van der Waals surface area contributed by atoms with Crippen molar-refractivity contribution in [3.05, 3.63) is 77.4 Å². The van der Waals surface area contributed by atoms with Gasteiger partial charge in [-0.2, -0.15) is 0 Å². The van der Waals surface area contributed by atoms with Gasteiger partial charge in [-0.3, -0.25) is 4.79 Å². The summed E-state index contributed by atoms with van der Waals surface area (Å²) in [5.41, 5.74) is 1.97. The SMILES string of the molecule is CC[C@H](/C=C(/C)[C@H](C[C@H](C[C@H](O)C(C)(C)C(=O)[C@@H]1OC(C)(C)O[C@@H]1C[C@H](C[C@@H](OC)[C@H](OCOC)OCc1ccc(OC)cc1)O[Si](C)(C)C(C)(C)C)OC)O[Si](CC)(CC)CC)COCc1ccccc1. The Morgan fingerprint density at radius 1 is 0.792 bits per heavy atom. The summed E-state index contributed by atoms with van der Waals surface area (Å²) in [6, 6.07) is 20.9. The molecule has 0 bridgehead atoms. The van der Waals surface area contributed by atoms with Gasteiger partial charge < -0.3 is 56.6 Å². The molecule has 3 rings (SSSR count). The number of Topliss-reactive ketones (excluding diaryl/α,β-unsaturated/α-hetero) is 1. The van der Waals surface area contributed by atoms with Crippen molar-refractivity contribution in [1.82, 2.24) is 0 Å². The largest absolute Gasteiger partial charge is 0.497 e. The molecule has 13 nitrogen and oxygen atoms in total. The molecule has 0 aromatic heterocycles. The minimum absolute atomic E-state index is 0.0143. The van der Waals surface area contributed by atoms with Crippen LogP contribution in [0.15, 0.2) is 66.2 Å². The van der Waals surface area contributed by atoms with Crippen molar-refractivity contribution >= 4 is 22.4 Å². The summed E-state index contributed by atoms with van der Waals surface area (Å²) in [6.45, 7) is 30.7. The van der Waals surface area contributed by atoms with Crippen molar-refractivity contribution in [1.29, 1.82) is 0 Å². The second-order valence-corrected chi connectivity index (χ2v) is 31.8. The lowest BCUT2D eigenvalue weighted by Gasteiger charge is -2.41. The molecule has 2 aromatic rings. The number of ketones is 1. The Hall–Kier alpha value is -2.36. The van der Waals surface area contributed by atoms with E-state index in [0.717, 1.165) is 47.0 Å². The quantitative estimate of drug-likeness (QED) is 0.0398. The molecule has 1 fully saturated rings. The molecular weight excluding hydrogens is 949 g/mol. The predicted molar refractivity (Wildman–Crippen MR) is 291 cm³/mol. The number of methoxy groups -OCH3 is 4. The summed E-state index contributed by atoms with van der Waals surface area (Å²) >= 11 is 0. The number of carbonyl (C=O) groups excluding carboxylic acids is 1. The Morgan fingerprint density at radius 3 is 1.96 bits per heavy atom. The highest BCUT2D eigenvalue weighted by Gasteiger charge is 2.52. The standard InChI is InChI=1S/C57H98O13Si2/c1-19-42(37-64-38-43-26-24-23-25-27-43)32-41(5)48(70-72(20-2,21-3)22-4)33-46(62-15)36-51(58)56(9,10)53(59)52-49(67-57(11,12)68-52)34-47(69-71(17,18)55(6,7)8)35-50(63-16)54(66-40-60-13)65-39-44-28-30-45(61-14)31-29-44/h23-32,42,46-52,54,58H,19-22,33-40H2,1-18H3/b41-32-/t42-,46-,47-,48+,49-,50-,51+,52-,54+/m1/s1. The Kier molecular flexibility index (Phi) is 26.5. The monoisotopic (exact) mass is 1050 g/mol. The molecule has 2 aromatic carbocycles. The van der Waals surface area contributed by atoms with Crippen LogP contribution in [0.5, 0.6) is 5.75 Å². The third-order valence-electron chi connectivity index (χ3n) is 15.3. The summed E-state index contributed by atoms with van der Waals surface area (Å²) in [6.07, 6.45) is -0.632. The fourth-order valence-electron chi connectivity index (χ4n) is 9.05. The highest BCUT2D eigenvalue weighted by atomic mass is 28.4. The van der Waals surface area contributed by atoms with E-state index in [9.17, 15) is 5.11 Å². The van der Waals surface area contributed by atoms with Crippen LogP contribution >= 0.6 is 0 Å². The van der Waals surface area contributed by atoms with Gasteiger partial charge in [0.05, 0.1) is 62.9 Å². The first kappa shape index (κ1) is 63.9. The molecule has 1 heterocycles. The lowest BCUT2D eigenvalue weighted by Crippen LogP contribution is -2.50. The van der Waals surface area contributed by atoms with E-state index in [1.807, 2.05) is 56.3 Å². The van der Waals surface area contributed by atoms with Gasteiger partial charge in [0.15, 0.2) is 34.5 Å². The van der Waals surface area contributed by atoms with Crippen LogP contribution in [-0.2, 0) is 64.8 Å². The molecule has 72 heavy (non-hydrogen) atoms. The summed E-state index contributed by atoms with van der Waals surface area (Å²) in [5.74, 6) is -0.384. The zero-order chi connectivity index (χ0) is 53.9. The van der Waals surface area contributed by atoms with Crippen LogP contribution < -0.4 is 4.74 Å². The predicted octanol–water partition coefficient (Wildman–Crippen LogP) is 12.2. The van der Waals surface area contributed by atoms with Gasteiger partial charge in [-0.25, -0.2) is 0 Å². The van der Waals surface area contributed by atoms with E-state index in [-0.39, 0.29) is 42.7 Å². The van der Waals surface area contributed by atoms with Crippen molar-refractivity contribution in [3.63, 3.8) is 0 Å². The van der Waals surface area contributed by atoms with Crippen LogP contribution in [0, 0.1) is 11.3 Å². The Labute approximate surface area is 437 Å². The zero-order valence-corrected chi connectivity index (χ0v) is 49.8. The number of hydrogen-bond donors (Lipinski definition) is 1. The minimum atomic E-state index is -2.42. The van der Waals surface area contributed by atoms with Gasteiger partial charge in [0, 0.05) is 52.9 Å². The lowest BCUT2D eigenvalue weighted by molar-refractivity contribution is -0.241. The van der Waals surface area contributed by atoms with Crippen molar-refractivity contribution in [2.24, 2.45) is 11.3 Å². The number of ether oxygens (including phenoxy) is 9. The molecule has 0 saturated carbocycles. The van der Waals surface area contributed by atoms with Crippen LogP contribution in [-0.4, -0.2) is 124 Å². The smallest absolute Gasteiger partial charge is 0.192 e. The highest BCUT2D eigenvalue weighted by molar-refractivity contribution is 6.74. The Bertz CT molecular complexity index is 1860. The van der Waals surface area contributed by atoms with E-state index < -0.39 is 70.8 Å². The van der Waals surface area contributed by atoms with Crippen molar-refractivity contribution in [3.8, 4) is 5.75 Å². The molecule has 0 aliphatic carbocycles. The summed E-state index contributed by atoms with van der Waals surface area (Å²) in [5, 5.41) is 12.1. The van der Waals surface area contributed by atoms with E-state index in [1.54, 1.807) is 42.3 Å². The molecule has 0 spiro atoms. The number of benzene rings is 2. The van der Waals surface area contributed by atoms with Gasteiger partial charge in [0.25, 0.3) is 0 Å². The number of aliphatic hydroxyl groups excluding tert-OH is 1. The fourth-order valence-corrected chi connectivity index (χ4v) is 13.3. The Morgan fingerprint density at radius 2 is 1.42 bits per heavy atom. The number of carbonyl (C=O) groups is 1. The van der Waals surface area contributed by atoms with Gasteiger partial charge in [-0.05, 0) is 92.3 Å². The summed E-state index contributed by atoms with van der Waals surface area (Å²) in [4.78, 5) is 15.1. The maximum Gasteiger partial charge on any atom is 0.192 e. The number of rotatable bonds is 35. The second-order valence-electron chi connectivity index (χ2n) is 22.3. The second kappa shape index (κ2) is 29.8.